The molecule has 0 amide bonds. The minimum absolute atomic E-state index is 0.478. The van der Waals surface area contributed by atoms with Gasteiger partial charge in [-0.25, -0.2) is 4.98 Å². The number of aromatic nitrogens is 1. The third-order valence-corrected chi connectivity index (χ3v) is 2.79. The second-order valence-electron chi connectivity index (χ2n) is 4.41. The average molecular weight is 228 g/mol. The van der Waals surface area contributed by atoms with Crippen molar-refractivity contribution in [1.29, 1.82) is 0 Å². The van der Waals surface area contributed by atoms with E-state index in [1.807, 2.05) is 36.4 Å². The molecule has 0 saturated heterocycles. The molecule has 17 heavy (non-hydrogen) atoms. The van der Waals surface area contributed by atoms with Crippen LogP contribution in [-0.4, -0.2) is 10.1 Å². The Bertz CT molecular complexity index is 495. The molecule has 3 nitrogen and oxygen atoms in total. The molecule has 2 rings (SSSR count). The van der Waals surface area contributed by atoms with E-state index in [1.54, 1.807) is 19.2 Å². The number of hydrogen-bond acceptors (Lipinski definition) is 3. The highest BCUT2D eigenvalue weighted by molar-refractivity contribution is 5.34. The van der Waals surface area contributed by atoms with E-state index in [1.165, 1.54) is 0 Å². The maximum Gasteiger partial charge on any atom is 0.123 e. The van der Waals surface area contributed by atoms with Crippen molar-refractivity contribution in [3.63, 3.8) is 0 Å². The van der Waals surface area contributed by atoms with Crippen molar-refractivity contribution in [2.24, 2.45) is 0 Å². The van der Waals surface area contributed by atoms with Gasteiger partial charge >= 0.3 is 0 Å². The van der Waals surface area contributed by atoms with Gasteiger partial charge in [-0.3, -0.25) is 0 Å². The summed E-state index contributed by atoms with van der Waals surface area (Å²) < 4.78 is 0. The Labute approximate surface area is 101 Å². The summed E-state index contributed by atoms with van der Waals surface area (Å²) in [7, 11) is 0. The van der Waals surface area contributed by atoms with Crippen LogP contribution in [0.2, 0.25) is 0 Å². The van der Waals surface area contributed by atoms with E-state index in [-0.39, 0.29) is 0 Å². The number of hydrogen-bond donors (Lipinski definition) is 2. The van der Waals surface area contributed by atoms with Gasteiger partial charge in [0.15, 0.2) is 0 Å². The van der Waals surface area contributed by atoms with E-state index >= 15 is 0 Å². The van der Waals surface area contributed by atoms with Gasteiger partial charge in [-0.2, -0.15) is 0 Å². The molecular formula is C14H16N2O. The maximum atomic E-state index is 10.5. The van der Waals surface area contributed by atoms with Crippen LogP contribution in [0.1, 0.15) is 18.1 Å². The summed E-state index contributed by atoms with van der Waals surface area (Å²) in [6.45, 7) is 1.80. The number of rotatable bonds is 3. The van der Waals surface area contributed by atoms with Gasteiger partial charge in [-0.05, 0) is 30.2 Å². The van der Waals surface area contributed by atoms with Crippen LogP contribution in [0.3, 0.4) is 0 Å². The molecule has 1 atom stereocenters. The Morgan fingerprint density at radius 1 is 1.24 bits per heavy atom. The van der Waals surface area contributed by atoms with Crippen LogP contribution in [0.4, 0.5) is 5.82 Å². The van der Waals surface area contributed by atoms with Crippen LogP contribution in [0.25, 0.3) is 0 Å². The predicted molar refractivity (Wildman–Crippen MR) is 68.4 cm³/mol. The summed E-state index contributed by atoms with van der Waals surface area (Å²) in [5.74, 6) is 0.478. The number of nitrogen functional groups attached to an aromatic ring is 1. The Morgan fingerprint density at radius 2 is 1.94 bits per heavy atom. The van der Waals surface area contributed by atoms with Gasteiger partial charge < -0.3 is 10.8 Å². The monoisotopic (exact) mass is 228 g/mol. The van der Waals surface area contributed by atoms with E-state index in [2.05, 4.69) is 4.98 Å². The molecule has 88 valence electrons. The van der Waals surface area contributed by atoms with E-state index < -0.39 is 5.60 Å². The lowest BCUT2D eigenvalue weighted by molar-refractivity contribution is 0.0576. The zero-order valence-corrected chi connectivity index (χ0v) is 9.80. The highest BCUT2D eigenvalue weighted by atomic mass is 16.3. The lowest BCUT2D eigenvalue weighted by Crippen LogP contribution is -2.24. The molecule has 1 heterocycles. The molecule has 1 aromatic heterocycles. The second-order valence-corrected chi connectivity index (χ2v) is 4.41. The first-order valence-corrected chi connectivity index (χ1v) is 5.56. The molecule has 0 fully saturated rings. The van der Waals surface area contributed by atoms with Gasteiger partial charge in [-0.1, -0.05) is 30.3 Å². The summed E-state index contributed by atoms with van der Waals surface area (Å²) in [4.78, 5) is 3.94. The molecule has 2 aromatic rings. The molecule has 3 N–H and O–H groups in total. The van der Waals surface area contributed by atoms with E-state index in [0.29, 0.717) is 12.2 Å². The Kier molecular flexibility index (Phi) is 3.11. The van der Waals surface area contributed by atoms with Crippen molar-refractivity contribution in [3.05, 3.63) is 59.8 Å². The molecule has 1 aromatic carbocycles. The topological polar surface area (TPSA) is 59.1 Å². The normalized spacial score (nSPS) is 14.2. The van der Waals surface area contributed by atoms with Crippen LogP contribution >= 0.6 is 0 Å². The number of benzene rings is 1. The Morgan fingerprint density at radius 3 is 2.59 bits per heavy atom. The van der Waals surface area contributed by atoms with Crippen molar-refractivity contribution in [2.45, 2.75) is 18.9 Å². The lowest BCUT2D eigenvalue weighted by atomic mass is 9.89. The summed E-state index contributed by atoms with van der Waals surface area (Å²) in [6, 6.07) is 13.3. The van der Waals surface area contributed by atoms with Crippen LogP contribution < -0.4 is 5.73 Å². The van der Waals surface area contributed by atoms with Gasteiger partial charge in [-0.15, -0.1) is 0 Å². The Hall–Kier alpha value is -1.87. The minimum Gasteiger partial charge on any atom is -0.385 e. The van der Waals surface area contributed by atoms with E-state index in [9.17, 15) is 5.11 Å². The fraction of sp³-hybridized carbons (Fsp3) is 0.214. The third kappa shape index (κ3) is 2.82. The van der Waals surface area contributed by atoms with Gasteiger partial charge in [0.25, 0.3) is 0 Å². The first kappa shape index (κ1) is 11.6. The molecule has 0 saturated carbocycles. The van der Waals surface area contributed by atoms with Gasteiger partial charge in [0, 0.05) is 12.6 Å². The zero-order chi connectivity index (χ0) is 12.3. The minimum atomic E-state index is -0.894. The van der Waals surface area contributed by atoms with E-state index in [0.717, 1.165) is 11.1 Å². The molecule has 3 heteroatoms. The van der Waals surface area contributed by atoms with Crippen LogP contribution in [0.15, 0.2) is 48.7 Å². The molecule has 0 aliphatic carbocycles. The number of aliphatic hydroxyl groups is 1. The fourth-order valence-corrected chi connectivity index (χ4v) is 1.90. The fourth-order valence-electron chi connectivity index (χ4n) is 1.90. The smallest absolute Gasteiger partial charge is 0.123 e. The zero-order valence-electron chi connectivity index (χ0n) is 9.80. The summed E-state index contributed by atoms with van der Waals surface area (Å²) >= 11 is 0. The van der Waals surface area contributed by atoms with Crippen molar-refractivity contribution in [2.75, 3.05) is 5.73 Å². The number of nitrogens with zero attached hydrogens (tertiary/aromatic N) is 1. The molecule has 0 bridgehead atoms. The first-order valence-electron chi connectivity index (χ1n) is 5.56. The summed E-state index contributed by atoms with van der Waals surface area (Å²) in [5.41, 5.74) is 6.61. The standard InChI is InChI=1S/C14H16N2O/c1-14(17,12-5-3-2-4-6-12)10-11-7-8-16-13(15)9-11/h2-9,17H,10H2,1H3,(H2,15,16). The summed E-state index contributed by atoms with van der Waals surface area (Å²) in [6.07, 6.45) is 2.18. The predicted octanol–water partition coefficient (Wildman–Crippen LogP) is 2.11. The van der Waals surface area contributed by atoms with Crippen molar-refractivity contribution < 1.29 is 5.11 Å². The Balaban J connectivity index is 2.23. The van der Waals surface area contributed by atoms with Crippen LogP contribution in [0, 0.1) is 0 Å². The highest BCUT2D eigenvalue weighted by Crippen LogP contribution is 2.25. The first-order chi connectivity index (χ1) is 8.08. The maximum absolute atomic E-state index is 10.5. The largest absolute Gasteiger partial charge is 0.385 e. The molecule has 0 radical (unpaired) electrons. The van der Waals surface area contributed by atoms with Gasteiger partial charge in [0.2, 0.25) is 0 Å². The number of anilines is 1. The van der Waals surface area contributed by atoms with Crippen LogP contribution in [0.5, 0.6) is 0 Å². The molecule has 0 aliphatic heterocycles. The van der Waals surface area contributed by atoms with Crippen molar-refractivity contribution in [3.8, 4) is 0 Å². The van der Waals surface area contributed by atoms with Crippen LogP contribution in [-0.2, 0) is 12.0 Å². The van der Waals surface area contributed by atoms with E-state index in [4.69, 9.17) is 5.73 Å². The molecule has 1 unspecified atom stereocenters. The number of nitrogens with two attached hydrogens (primary N) is 1. The molecular weight excluding hydrogens is 212 g/mol. The van der Waals surface area contributed by atoms with Crippen molar-refractivity contribution in [1.82, 2.24) is 4.98 Å². The SMILES string of the molecule is CC(O)(Cc1ccnc(N)c1)c1ccccc1. The molecule has 0 spiro atoms. The number of pyridine rings is 1. The quantitative estimate of drug-likeness (QED) is 0.846. The van der Waals surface area contributed by atoms with Gasteiger partial charge in [0.1, 0.15) is 5.82 Å². The second kappa shape index (κ2) is 4.55. The average Bonchev–Trinajstić information content (AvgIpc) is 2.29. The highest BCUT2D eigenvalue weighted by Gasteiger charge is 2.23. The van der Waals surface area contributed by atoms with Crippen molar-refractivity contribution >= 4 is 5.82 Å². The van der Waals surface area contributed by atoms with Gasteiger partial charge in [0.05, 0.1) is 5.60 Å². The molecule has 0 aliphatic rings. The third-order valence-electron chi connectivity index (χ3n) is 2.79. The summed E-state index contributed by atoms with van der Waals surface area (Å²) in [5, 5.41) is 10.5. The lowest BCUT2D eigenvalue weighted by Gasteiger charge is -2.24.